The van der Waals surface area contributed by atoms with Gasteiger partial charge in [-0.15, -0.1) is 0 Å². The standard InChI is InChI=1S/C12H9BrCl2N2O/c1-6-3-8(14)4-7(2)10(6)18-11-9(13)5-16-12(15)17-11/h3-5H,1-2H3. The highest BCUT2D eigenvalue weighted by molar-refractivity contribution is 9.10. The molecule has 6 heteroatoms. The Labute approximate surface area is 123 Å². The van der Waals surface area contributed by atoms with E-state index in [4.69, 9.17) is 27.9 Å². The fourth-order valence-corrected chi connectivity index (χ4v) is 2.28. The third-order valence-corrected chi connectivity index (χ3v) is 3.25. The Hall–Kier alpha value is -0.840. The van der Waals surface area contributed by atoms with Crippen LogP contribution in [0.3, 0.4) is 0 Å². The molecule has 0 saturated carbocycles. The largest absolute Gasteiger partial charge is 0.437 e. The minimum atomic E-state index is 0.137. The lowest BCUT2D eigenvalue weighted by Gasteiger charge is -2.12. The van der Waals surface area contributed by atoms with Crippen molar-refractivity contribution in [2.45, 2.75) is 13.8 Å². The summed E-state index contributed by atoms with van der Waals surface area (Å²) in [5.41, 5.74) is 1.86. The Bertz CT molecular complexity index is 582. The van der Waals surface area contributed by atoms with Gasteiger partial charge in [-0.25, -0.2) is 4.98 Å². The second-order valence-corrected chi connectivity index (χ2v) is 5.39. The molecule has 0 amide bonds. The summed E-state index contributed by atoms with van der Waals surface area (Å²) >= 11 is 15.0. The van der Waals surface area contributed by atoms with Crippen molar-refractivity contribution >= 4 is 39.1 Å². The first-order valence-corrected chi connectivity index (χ1v) is 6.65. The van der Waals surface area contributed by atoms with Gasteiger partial charge in [0.15, 0.2) is 0 Å². The number of halogens is 3. The lowest BCUT2D eigenvalue weighted by atomic mass is 10.1. The Balaban J connectivity index is 2.43. The van der Waals surface area contributed by atoms with Crippen LogP contribution in [0.25, 0.3) is 0 Å². The van der Waals surface area contributed by atoms with Crippen LogP contribution >= 0.6 is 39.1 Å². The molecule has 2 aromatic rings. The molecule has 3 nitrogen and oxygen atoms in total. The summed E-state index contributed by atoms with van der Waals surface area (Å²) in [5.74, 6) is 1.10. The summed E-state index contributed by atoms with van der Waals surface area (Å²) in [5, 5.41) is 0.814. The molecule has 1 aromatic carbocycles. The normalized spacial score (nSPS) is 10.5. The van der Waals surface area contributed by atoms with Gasteiger partial charge < -0.3 is 4.74 Å². The van der Waals surface area contributed by atoms with Crippen molar-refractivity contribution in [2.24, 2.45) is 0 Å². The van der Waals surface area contributed by atoms with Crippen LogP contribution in [-0.4, -0.2) is 9.97 Å². The second kappa shape index (κ2) is 5.43. The number of aromatic nitrogens is 2. The number of ether oxygens (including phenoxy) is 1. The molecule has 0 saturated heterocycles. The van der Waals surface area contributed by atoms with Crippen molar-refractivity contribution in [3.63, 3.8) is 0 Å². The topological polar surface area (TPSA) is 35.0 Å². The molecule has 0 N–H and O–H groups in total. The smallest absolute Gasteiger partial charge is 0.238 e. The molecule has 0 bridgehead atoms. The van der Waals surface area contributed by atoms with Crippen molar-refractivity contribution in [2.75, 3.05) is 0 Å². The first-order valence-electron chi connectivity index (χ1n) is 5.10. The molecule has 0 unspecified atom stereocenters. The Morgan fingerprint density at radius 3 is 2.39 bits per heavy atom. The summed E-state index contributed by atoms with van der Waals surface area (Å²) in [6.45, 7) is 3.84. The monoisotopic (exact) mass is 346 g/mol. The fraction of sp³-hybridized carbons (Fsp3) is 0.167. The maximum Gasteiger partial charge on any atom is 0.238 e. The van der Waals surface area contributed by atoms with E-state index in [-0.39, 0.29) is 5.28 Å². The minimum Gasteiger partial charge on any atom is -0.437 e. The van der Waals surface area contributed by atoms with E-state index in [0.717, 1.165) is 16.9 Å². The fourth-order valence-electron chi connectivity index (χ4n) is 1.56. The van der Waals surface area contributed by atoms with Crippen molar-refractivity contribution in [3.05, 3.63) is 44.2 Å². The molecule has 2 rings (SSSR count). The van der Waals surface area contributed by atoms with E-state index in [1.54, 1.807) is 6.20 Å². The Morgan fingerprint density at radius 1 is 1.17 bits per heavy atom. The molecule has 0 aliphatic rings. The van der Waals surface area contributed by atoms with E-state index in [1.807, 2.05) is 26.0 Å². The lowest BCUT2D eigenvalue weighted by Crippen LogP contribution is -1.95. The average molecular weight is 348 g/mol. The van der Waals surface area contributed by atoms with Gasteiger partial charge in [-0.3, -0.25) is 0 Å². The second-order valence-electron chi connectivity index (χ2n) is 3.76. The van der Waals surface area contributed by atoms with Crippen molar-refractivity contribution in [1.29, 1.82) is 0 Å². The molecule has 1 aromatic heterocycles. The van der Waals surface area contributed by atoms with Gasteiger partial charge in [0.1, 0.15) is 5.75 Å². The number of rotatable bonds is 2. The van der Waals surface area contributed by atoms with Crippen LogP contribution in [0.4, 0.5) is 0 Å². The summed E-state index contributed by atoms with van der Waals surface area (Å²) < 4.78 is 6.40. The van der Waals surface area contributed by atoms with Gasteiger partial charge in [0.25, 0.3) is 0 Å². The van der Waals surface area contributed by atoms with Gasteiger partial charge in [-0.2, -0.15) is 4.98 Å². The highest BCUT2D eigenvalue weighted by Gasteiger charge is 2.11. The zero-order chi connectivity index (χ0) is 13.3. The van der Waals surface area contributed by atoms with E-state index < -0.39 is 0 Å². The van der Waals surface area contributed by atoms with Gasteiger partial charge in [-0.1, -0.05) is 11.6 Å². The number of hydrogen-bond donors (Lipinski definition) is 0. The summed E-state index contributed by atoms with van der Waals surface area (Å²) in [4.78, 5) is 7.87. The first kappa shape index (κ1) is 13.6. The SMILES string of the molecule is Cc1cc(Cl)cc(C)c1Oc1nc(Cl)ncc1Br. The quantitative estimate of drug-likeness (QED) is 0.720. The molecular weight excluding hydrogens is 339 g/mol. The highest BCUT2D eigenvalue weighted by atomic mass is 79.9. The molecule has 0 fully saturated rings. The van der Waals surface area contributed by atoms with Crippen LogP contribution in [0.1, 0.15) is 11.1 Å². The molecule has 94 valence electrons. The van der Waals surface area contributed by atoms with Crippen molar-refractivity contribution in [3.8, 4) is 11.6 Å². The third-order valence-electron chi connectivity index (χ3n) is 2.31. The van der Waals surface area contributed by atoms with Gasteiger partial charge in [0, 0.05) is 11.2 Å². The van der Waals surface area contributed by atoms with Crippen LogP contribution in [0, 0.1) is 13.8 Å². The van der Waals surface area contributed by atoms with Crippen LogP contribution in [-0.2, 0) is 0 Å². The van der Waals surface area contributed by atoms with Crippen LogP contribution in [0.5, 0.6) is 11.6 Å². The predicted octanol–water partition coefficient (Wildman–Crippen LogP) is 4.96. The molecular formula is C12H9BrCl2N2O. The molecule has 0 atom stereocenters. The predicted molar refractivity (Wildman–Crippen MR) is 75.7 cm³/mol. The molecule has 0 aliphatic carbocycles. The number of nitrogens with zero attached hydrogens (tertiary/aromatic N) is 2. The third kappa shape index (κ3) is 2.94. The van der Waals surface area contributed by atoms with E-state index in [2.05, 4.69) is 25.9 Å². The molecule has 0 aliphatic heterocycles. The Morgan fingerprint density at radius 2 is 1.78 bits per heavy atom. The number of aryl methyl sites for hydroxylation is 2. The Kier molecular flexibility index (Phi) is 4.10. The molecule has 1 heterocycles. The number of benzene rings is 1. The van der Waals surface area contributed by atoms with Crippen LogP contribution in [0.15, 0.2) is 22.8 Å². The van der Waals surface area contributed by atoms with Gasteiger partial charge in [0.2, 0.25) is 11.2 Å². The van der Waals surface area contributed by atoms with Gasteiger partial charge in [0.05, 0.1) is 4.47 Å². The van der Waals surface area contributed by atoms with Gasteiger partial charge in [-0.05, 0) is 64.6 Å². The molecule has 0 spiro atoms. The summed E-state index contributed by atoms with van der Waals surface area (Å²) in [6, 6.07) is 3.67. The zero-order valence-electron chi connectivity index (χ0n) is 9.67. The molecule has 0 radical (unpaired) electrons. The first-order chi connectivity index (χ1) is 8.47. The minimum absolute atomic E-state index is 0.137. The van der Waals surface area contributed by atoms with Gasteiger partial charge >= 0.3 is 0 Å². The van der Waals surface area contributed by atoms with Crippen LogP contribution < -0.4 is 4.74 Å². The summed E-state index contributed by atoms with van der Waals surface area (Å²) in [7, 11) is 0. The van der Waals surface area contributed by atoms with E-state index in [9.17, 15) is 0 Å². The summed E-state index contributed by atoms with van der Waals surface area (Å²) in [6.07, 6.45) is 1.55. The highest BCUT2D eigenvalue weighted by Crippen LogP contribution is 2.33. The van der Waals surface area contributed by atoms with E-state index >= 15 is 0 Å². The zero-order valence-corrected chi connectivity index (χ0v) is 12.8. The maximum absolute atomic E-state index is 5.97. The van der Waals surface area contributed by atoms with E-state index in [1.165, 1.54) is 0 Å². The van der Waals surface area contributed by atoms with Crippen molar-refractivity contribution in [1.82, 2.24) is 9.97 Å². The number of hydrogen-bond acceptors (Lipinski definition) is 3. The average Bonchev–Trinajstić information content (AvgIpc) is 2.28. The van der Waals surface area contributed by atoms with Crippen molar-refractivity contribution < 1.29 is 4.74 Å². The maximum atomic E-state index is 5.97. The molecule has 18 heavy (non-hydrogen) atoms. The van der Waals surface area contributed by atoms with Crippen LogP contribution in [0.2, 0.25) is 10.3 Å². The lowest BCUT2D eigenvalue weighted by molar-refractivity contribution is 0.451. The van der Waals surface area contributed by atoms with E-state index in [0.29, 0.717) is 15.4 Å².